The maximum absolute atomic E-state index is 13.3. The van der Waals surface area contributed by atoms with Gasteiger partial charge in [-0.1, -0.05) is 12.1 Å². The van der Waals surface area contributed by atoms with E-state index in [9.17, 15) is 9.18 Å². The topological polar surface area (TPSA) is 20.3 Å². The van der Waals surface area contributed by atoms with E-state index in [0.29, 0.717) is 10.6 Å². The van der Waals surface area contributed by atoms with Crippen LogP contribution in [-0.4, -0.2) is 29.6 Å². The van der Waals surface area contributed by atoms with Crippen LogP contribution in [0.4, 0.5) is 4.39 Å². The first-order valence-electron chi connectivity index (χ1n) is 5.42. The molecule has 1 aliphatic heterocycles. The highest BCUT2D eigenvalue weighted by Gasteiger charge is 2.18. The first-order valence-corrected chi connectivity index (χ1v) is 6.41. The zero-order valence-electron chi connectivity index (χ0n) is 8.99. The molecule has 0 unspecified atom stereocenters. The van der Waals surface area contributed by atoms with E-state index in [-0.39, 0.29) is 11.7 Å². The van der Waals surface area contributed by atoms with Gasteiger partial charge in [0.2, 0.25) is 5.91 Å². The van der Waals surface area contributed by atoms with Crippen molar-refractivity contribution in [2.45, 2.75) is 17.7 Å². The third kappa shape index (κ3) is 2.76. The van der Waals surface area contributed by atoms with Crippen LogP contribution in [0.1, 0.15) is 12.8 Å². The number of benzene rings is 1. The van der Waals surface area contributed by atoms with Gasteiger partial charge in [-0.15, -0.1) is 11.8 Å². The molecule has 0 saturated carbocycles. The van der Waals surface area contributed by atoms with Gasteiger partial charge in [-0.3, -0.25) is 4.79 Å². The molecule has 16 heavy (non-hydrogen) atoms. The standard InChI is InChI=1S/C12H14FNOS/c13-10-5-1-2-6-11(10)16-9-12(15)14-7-3-4-8-14/h1-2,5-6H,3-4,7-9H2. The van der Waals surface area contributed by atoms with Gasteiger partial charge < -0.3 is 4.90 Å². The molecular formula is C12H14FNOS. The largest absolute Gasteiger partial charge is 0.342 e. The Hall–Kier alpha value is -1.03. The smallest absolute Gasteiger partial charge is 0.232 e. The quantitative estimate of drug-likeness (QED) is 0.755. The van der Waals surface area contributed by atoms with Crippen molar-refractivity contribution in [3.63, 3.8) is 0 Å². The summed E-state index contributed by atoms with van der Waals surface area (Å²) in [5.41, 5.74) is 0. The number of thioether (sulfide) groups is 1. The van der Waals surface area contributed by atoms with E-state index in [2.05, 4.69) is 0 Å². The number of carbonyl (C=O) groups is 1. The minimum Gasteiger partial charge on any atom is -0.342 e. The van der Waals surface area contributed by atoms with E-state index in [0.717, 1.165) is 25.9 Å². The average molecular weight is 239 g/mol. The maximum atomic E-state index is 13.3. The second kappa shape index (κ2) is 5.34. The number of carbonyl (C=O) groups excluding carboxylic acids is 1. The normalized spacial score (nSPS) is 15.4. The zero-order valence-corrected chi connectivity index (χ0v) is 9.80. The molecule has 1 heterocycles. The molecule has 1 saturated heterocycles. The molecule has 0 atom stereocenters. The molecule has 4 heteroatoms. The lowest BCUT2D eigenvalue weighted by atomic mass is 10.3. The Morgan fingerprint density at radius 1 is 1.31 bits per heavy atom. The summed E-state index contributed by atoms with van der Waals surface area (Å²) in [5.74, 6) is 0.202. The molecule has 0 aromatic heterocycles. The van der Waals surface area contributed by atoms with Crippen molar-refractivity contribution in [1.82, 2.24) is 4.90 Å². The van der Waals surface area contributed by atoms with Crippen molar-refractivity contribution in [2.75, 3.05) is 18.8 Å². The van der Waals surface area contributed by atoms with Crippen LogP contribution in [0.5, 0.6) is 0 Å². The molecule has 2 rings (SSSR count). The molecule has 2 nitrogen and oxygen atoms in total. The monoisotopic (exact) mass is 239 g/mol. The minimum atomic E-state index is -0.248. The summed E-state index contributed by atoms with van der Waals surface area (Å²) in [4.78, 5) is 14.1. The number of likely N-dealkylation sites (tertiary alicyclic amines) is 1. The first kappa shape index (κ1) is 11.5. The SMILES string of the molecule is O=C(CSc1ccccc1F)N1CCCC1. The summed E-state index contributed by atoms with van der Waals surface area (Å²) in [6.45, 7) is 1.72. The Morgan fingerprint density at radius 3 is 2.69 bits per heavy atom. The molecule has 1 aromatic rings. The van der Waals surface area contributed by atoms with Gasteiger partial charge in [0, 0.05) is 18.0 Å². The second-order valence-corrected chi connectivity index (χ2v) is 4.82. The molecule has 0 radical (unpaired) electrons. The Kier molecular flexibility index (Phi) is 3.83. The molecule has 86 valence electrons. The Labute approximate surface area is 98.8 Å². The molecular weight excluding hydrogens is 225 g/mol. The van der Waals surface area contributed by atoms with Gasteiger partial charge in [0.05, 0.1) is 5.75 Å². The number of halogens is 1. The molecule has 0 bridgehead atoms. The van der Waals surface area contributed by atoms with Crippen molar-refractivity contribution in [2.24, 2.45) is 0 Å². The summed E-state index contributed by atoms with van der Waals surface area (Å²) in [7, 11) is 0. The van der Waals surface area contributed by atoms with Gasteiger partial charge in [0.15, 0.2) is 0 Å². The summed E-state index contributed by atoms with van der Waals surface area (Å²) in [6.07, 6.45) is 2.19. The first-order chi connectivity index (χ1) is 7.77. The molecule has 1 fully saturated rings. The number of rotatable bonds is 3. The fraction of sp³-hybridized carbons (Fsp3) is 0.417. The molecule has 1 aliphatic rings. The van der Waals surface area contributed by atoms with Crippen LogP contribution in [0, 0.1) is 5.82 Å². The fourth-order valence-electron chi connectivity index (χ4n) is 1.76. The van der Waals surface area contributed by atoms with E-state index in [1.54, 1.807) is 18.2 Å². The predicted molar refractivity (Wildman–Crippen MR) is 62.9 cm³/mol. The Bertz CT molecular complexity index is 377. The van der Waals surface area contributed by atoms with Crippen molar-refractivity contribution < 1.29 is 9.18 Å². The van der Waals surface area contributed by atoms with Crippen molar-refractivity contribution in [3.8, 4) is 0 Å². The Morgan fingerprint density at radius 2 is 2.00 bits per heavy atom. The molecule has 0 aliphatic carbocycles. The van der Waals surface area contributed by atoms with Crippen LogP contribution in [-0.2, 0) is 4.79 Å². The molecule has 0 spiro atoms. The average Bonchev–Trinajstić information content (AvgIpc) is 2.81. The Balaban J connectivity index is 1.87. The minimum absolute atomic E-state index is 0.116. The van der Waals surface area contributed by atoms with Crippen molar-refractivity contribution in [1.29, 1.82) is 0 Å². The van der Waals surface area contributed by atoms with Gasteiger partial charge in [-0.05, 0) is 25.0 Å². The summed E-state index contributed by atoms with van der Waals surface area (Å²) in [5, 5.41) is 0. The van der Waals surface area contributed by atoms with Crippen LogP contribution in [0.2, 0.25) is 0 Å². The second-order valence-electron chi connectivity index (χ2n) is 3.81. The van der Waals surface area contributed by atoms with Crippen LogP contribution < -0.4 is 0 Å². The van der Waals surface area contributed by atoms with E-state index in [1.165, 1.54) is 17.8 Å². The van der Waals surface area contributed by atoms with Crippen LogP contribution in [0.25, 0.3) is 0 Å². The highest BCUT2D eigenvalue weighted by molar-refractivity contribution is 8.00. The van der Waals surface area contributed by atoms with Gasteiger partial charge >= 0.3 is 0 Å². The molecule has 1 amide bonds. The summed E-state index contributed by atoms with van der Waals surface area (Å²) < 4.78 is 13.3. The van der Waals surface area contributed by atoms with Crippen LogP contribution in [0.15, 0.2) is 29.2 Å². The molecule has 1 aromatic carbocycles. The van der Waals surface area contributed by atoms with Crippen molar-refractivity contribution in [3.05, 3.63) is 30.1 Å². The highest BCUT2D eigenvalue weighted by Crippen LogP contribution is 2.22. The van der Waals surface area contributed by atoms with E-state index in [4.69, 9.17) is 0 Å². The lowest BCUT2D eigenvalue weighted by Gasteiger charge is -2.14. The van der Waals surface area contributed by atoms with Gasteiger partial charge in [0.1, 0.15) is 5.82 Å². The third-order valence-corrected chi connectivity index (χ3v) is 3.68. The predicted octanol–water partition coefficient (Wildman–Crippen LogP) is 2.54. The van der Waals surface area contributed by atoms with E-state index >= 15 is 0 Å². The lowest BCUT2D eigenvalue weighted by molar-refractivity contribution is -0.127. The molecule has 0 N–H and O–H groups in total. The summed E-state index contributed by atoms with van der Waals surface area (Å²) >= 11 is 1.28. The number of amides is 1. The third-order valence-electron chi connectivity index (χ3n) is 2.65. The number of hydrogen-bond donors (Lipinski definition) is 0. The van der Waals surface area contributed by atoms with Crippen LogP contribution in [0.3, 0.4) is 0 Å². The lowest BCUT2D eigenvalue weighted by Crippen LogP contribution is -2.29. The van der Waals surface area contributed by atoms with E-state index in [1.807, 2.05) is 4.90 Å². The van der Waals surface area contributed by atoms with Gasteiger partial charge in [-0.2, -0.15) is 0 Å². The number of hydrogen-bond acceptors (Lipinski definition) is 2. The van der Waals surface area contributed by atoms with Gasteiger partial charge in [0.25, 0.3) is 0 Å². The zero-order chi connectivity index (χ0) is 11.4. The van der Waals surface area contributed by atoms with Crippen LogP contribution >= 0.6 is 11.8 Å². The number of nitrogens with zero attached hydrogens (tertiary/aromatic N) is 1. The maximum Gasteiger partial charge on any atom is 0.232 e. The highest BCUT2D eigenvalue weighted by atomic mass is 32.2. The fourth-order valence-corrected chi connectivity index (χ4v) is 2.60. The van der Waals surface area contributed by atoms with E-state index < -0.39 is 0 Å². The van der Waals surface area contributed by atoms with Gasteiger partial charge in [-0.25, -0.2) is 4.39 Å². The summed E-state index contributed by atoms with van der Waals surface area (Å²) in [6, 6.07) is 6.56. The van der Waals surface area contributed by atoms with Crippen molar-refractivity contribution >= 4 is 17.7 Å².